The summed E-state index contributed by atoms with van der Waals surface area (Å²) in [4.78, 5) is 0. The minimum absolute atomic E-state index is 0.0201. The molecule has 2 heteroatoms. The Morgan fingerprint density at radius 1 is 1.43 bits per heavy atom. The Labute approximate surface area is 141 Å². The summed E-state index contributed by atoms with van der Waals surface area (Å²) >= 11 is 0. The summed E-state index contributed by atoms with van der Waals surface area (Å²) in [6.07, 6.45) is 13.0. The molecule has 0 N–H and O–H groups in total. The standard InChI is InChI=1S/C21H32O2/c1-13(2)7-6-8-14(3)15-9-11-20(4)12-10-16-18-21(16,20)17(15)19(22-5)23-18/h7,10,12,14-19H,6,8-9,11H2,1-5H3/t14-,15+,16?,17-,18+,19+,20-,21-/m1/s1. The fourth-order valence-corrected chi connectivity index (χ4v) is 6.46. The van der Waals surface area contributed by atoms with Crippen LogP contribution in [0.4, 0.5) is 0 Å². The maximum Gasteiger partial charge on any atom is 0.161 e. The quantitative estimate of drug-likeness (QED) is 0.668. The Hall–Kier alpha value is -0.600. The van der Waals surface area contributed by atoms with Gasteiger partial charge in [-0.3, -0.25) is 0 Å². The Bertz CT molecular complexity index is 546. The molecule has 2 nitrogen and oxygen atoms in total. The topological polar surface area (TPSA) is 18.5 Å². The normalized spacial score (nSPS) is 50.4. The van der Waals surface area contributed by atoms with Gasteiger partial charge in [-0.1, -0.05) is 37.6 Å². The lowest BCUT2D eigenvalue weighted by Gasteiger charge is -2.49. The van der Waals surface area contributed by atoms with Crippen LogP contribution in [0.5, 0.6) is 0 Å². The fourth-order valence-electron chi connectivity index (χ4n) is 6.46. The highest BCUT2D eigenvalue weighted by Crippen LogP contribution is 2.82. The molecule has 2 saturated carbocycles. The van der Waals surface area contributed by atoms with Crippen molar-refractivity contribution < 1.29 is 9.47 Å². The molecule has 1 heterocycles. The van der Waals surface area contributed by atoms with Crippen LogP contribution >= 0.6 is 0 Å². The zero-order chi connectivity index (χ0) is 16.4. The fraction of sp³-hybridized carbons (Fsp3) is 0.810. The average molecular weight is 316 g/mol. The van der Waals surface area contributed by atoms with Crippen LogP contribution in [0.3, 0.4) is 0 Å². The van der Waals surface area contributed by atoms with E-state index in [4.69, 9.17) is 9.47 Å². The second kappa shape index (κ2) is 5.20. The minimum atomic E-state index is 0.0201. The predicted octanol–water partition coefficient (Wildman–Crippen LogP) is 4.96. The minimum Gasteiger partial charge on any atom is -0.356 e. The van der Waals surface area contributed by atoms with Crippen LogP contribution in [0.25, 0.3) is 0 Å². The van der Waals surface area contributed by atoms with Crippen molar-refractivity contribution in [2.45, 2.75) is 65.8 Å². The Morgan fingerprint density at radius 3 is 2.91 bits per heavy atom. The van der Waals surface area contributed by atoms with Crippen molar-refractivity contribution in [3.05, 3.63) is 23.8 Å². The van der Waals surface area contributed by atoms with E-state index in [9.17, 15) is 0 Å². The van der Waals surface area contributed by atoms with Gasteiger partial charge in [-0.2, -0.15) is 0 Å². The largest absolute Gasteiger partial charge is 0.356 e. The van der Waals surface area contributed by atoms with E-state index in [2.05, 4.69) is 45.9 Å². The summed E-state index contributed by atoms with van der Waals surface area (Å²) < 4.78 is 12.2. The van der Waals surface area contributed by atoms with Crippen LogP contribution in [-0.4, -0.2) is 19.5 Å². The maximum atomic E-state index is 6.36. The summed E-state index contributed by atoms with van der Waals surface area (Å²) in [5.74, 6) is 2.74. The third-order valence-electron chi connectivity index (χ3n) is 7.62. The molecule has 23 heavy (non-hydrogen) atoms. The van der Waals surface area contributed by atoms with Gasteiger partial charge in [-0.15, -0.1) is 0 Å². The van der Waals surface area contributed by atoms with Gasteiger partial charge in [0.25, 0.3) is 0 Å². The van der Waals surface area contributed by atoms with Gasteiger partial charge in [0.2, 0.25) is 0 Å². The van der Waals surface area contributed by atoms with Crippen molar-refractivity contribution >= 4 is 0 Å². The molecule has 1 unspecified atom stereocenters. The van der Waals surface area contributed by atoms with Gasteiger partial charge in [-0.25, -0.2) is 0 Å². The van der Waals surface area contributed by atoms with Crippen molar-refractivity contribution in [3.8, 4) is 0 Å². The van der Waals surface area contributed by atoms with Crippen molar-refractivity contribution in [3.63, 3.8) is 0 Å². The smallest absolute Gasteiger partial charge is 0.161 e. The number of ether oxygens (including phenoxy) is 2. The molecule has 8 atom stereocenters. The molecule has 0 aromatic heterocycles. The molecule has 1 aliphatic heterocycles. The first-order valence-corrected chi connectivity index (χ1v) is 9.46. The number of allylic oxidation sites excluding steroid dienone is 3. The zero-order valence-corrected chi connectivity index (χ0v) is 15.3. The maximum absolute atomic E-state index is 6.36. The van der Waals surface area contributed by atoms with E-state index in [0.717, 1.165) is 11.8 Å². The molecule has 4 aliphatic rings. The van der Waals surface area contributed by atoms with Gasteiger partial charge in [0.05, 0.1) is 6.10 Å². The Kier molecular flexibility index (Phi) is 3.59. The van der Waals surface area contributed by atoms with E-state index in [1.807, 2.05) is 7.11 Å². The lowest BCUT2D eigenvalue weighted by molar-refractivity contribution is -0.162. The van der Waals surface area contributed by atoms with Gasteiger partial charge in [-0.05, 0) is 56.8 Å². The van der Waals surface area contributed by atoms with Gasteiger partial charge >= 0.3 is 0 Å². The van der Waals surface area contributed by atoms with Crippen LogP contribution in [0.2, 0.25) is 0 Å². The van der Waals surface area contributed by atoms with Crippen LogP contribution in [-0.2, 0) is 9.47 Å². The molecular formula is C21H32O2. The van der Waals surface area contributed by atoms with Crippen LogP contribution in [0, 0.1) is 34.5 Å². The first-order valence-electron chi connectivity index (χ1n) is 9.46. The molecule has 0 aromatic rings. The first-order chi connectivity index (χ1) is 11.0. The van der Waals surface area contributed by atoms with Crippen LogP contribution in [0.15, 0.2) is 23.8 Å². The highest BCUT2D eigenvalue weighted by atomic mass is 16.7. The van der Waals surface area contributed by atoms with Crippen molar-refractivity contribution in [1.29, 1.82) is 0 Å². The summed E-state index contributed by atoms with van der Waals surface area (Å²) in [7, 11) is 1.83. The molecule has 1 saturated heterocycles. The molecule has 0 bridgehead atoms. The molecule has 0 amide bonds. The Balaban J connectivity index is 1.57. The van der Waals surface area contributed by atoms with Crippen molar-refractivity contribution in [1.82, 2.24) is 0 Å². The molecule has 0 radical (unpaired) electrons. The van der Waals surface area contributed by atoms with Gasteiger partial charge in [0.15, 0.2) is 6.29 Å². The second-order valence-electron chi connectivity index (χ2n) is 8.96. The molecule has 1 spiro atoms. The van der Waals surface area contributed by atoms with Crippen LogP contribution < -0.4 is 0 Å². The first kappa shape index (κ1) is 15.9. The zero-order valence-electron chi connectivity index (χ0n) is 15.3. The second-order valence-corrected chi connectivity index (χ2v) is 8.96. The van der Waals surface area contributed by atoms with E-state index in [1.54, 1.807) is 0 Å². The summed E-state index contributed by atoms with van der Waals surface area (Å²) in [6.45, 7) is 9.33. The van der Waals surface area contributed by atoms with Gasteiger partial charge < -0.3 is 9.47 Å². The van der Waals surface area contributed by atoms with Crippen LogP contribution in [0.1, 0.15) is 53.4 Å². The van der Waals surface area contributed by atoms with E-state index in [-0.39, 0.29) is 6.29 Å². The molecule has 4 rings (SSSR count). The van der Waals surface area contributed by atoms with E-state index in [1.165, 1.54) is 31.3 Å². The van der Waals surface area contributed by atoms with E-state index < -0.39 is 0 Å². The van der Waals surface area contributed by atoms with E-state index >= 15 is 0 Å². The summed E-state index contributed by atoms with van der Waals surface area (Å²) in [5.41, 5.74) is 2.14. The number of hydrogen-bond acceptors (Lipinski definition) is 2. The van der Waals surface area contributed by atoms with Gasteiger partial charge in [0.1, 0.15) is 0 Å². The number of methoxy groups -OCH3 is 1. The molecule has 0 aromatic carbocycles. The van der Waals surface area contributed by atoms with Crippen molar-refractivity contribution in [2.24, 2.45) is 34.5 Å². The molecule has 3 aliphatic carbocycles. The summed E-state index contributed by atoms with van der Waals surface area (Å²) in [5, 5.41) is 0. The molecular weight excluding hydrogens is 284 g/mol. The van der Waals surface area contributed by atoms with Crippen molar-refractivity contribution in [2.75, 3.05) is 7.11 Å². The third kappa shape index (κ3) is 1.94. The molecule has 128 valence electrons. The third-order valence-corrected chi connectivity index (χ3v) is 7.62. The SMILES string of the molecule is CO[C@H]1O[C@H]2C3C=C[C@@]4(C)CC[C@@H]([C@H](C)CCC=C(C)C)[C@H]1[C@]324. The highest BCUT2D eigenvalue weighted by Gasteiger charge is 2.84. The lowest BCUT2D eigenvalue weighted by atomic mass is 9.55. The highest BCUT2D eigenvalue weighted by molar-refractivity contribution is 5.40. The number of hydrogen-bond donors (Lipinski definition) is 0. The van der Waals surface area contributed by atoms with Gasteiger partial charge in [0, 0.05) is 24.4 Å². The number of rotatable bonds is 5. The summed E-state index contributed by atoms with van der Waals surface area (Å²) in [6, 6.07) is 0. The predicted molar refractivity (Wildman–Crippen MR) is 92.9 cm³/mol. The Morgan fingerprint density at radius 2 is 2.22 bits per heavy atom. The number of fused-ring (bicyclic) bond motifs is 1. The lowest BCUT2D eigenvalue weighted by Crippen LogP contribution is -2.47. The monoisotopic (exact) mass is 316 g/mol. The molecule has 3 fully saturated rings. The van der Waals surface area contributed by atoms with E-state index in [0.29, 0.717) is 28.8 Å². The average Bonchev–Trinajstić information content (AvgIpc) is 2.82.